The highest BCUT2D eigenvalue weighted by atomic mass is 32.2. The van der Waals surface area contributed by atoms with Crippen molar-refractivity contribution in [1.82, 2.24) is 14.9 Å². The maximum Gasteiger partial charge on any atom is 0.469 e. The lowest BCUT2D eigenvalue weighted by molar-refractivity contribution is -0.116. The predicted molar refractivity (Wildman–Crippen MR) is 121 cm³/mol. The first-order chi connectivity index (χ1) is 15.0. The average molecular weight is 480 g/mol. The van der Waals surface area contributed by atoms with Crippen molar-refractivity contribution < 1.29 is 28.5 Å². The topological polar surface area (TPSA) is 156 Å². The molecule has 0 aliphatic carbocycles. The Bertz CT molecular complexity index is 1070. The molecule has 0 unspecified atom stereocenters. The zero-order valence-electron chi connectivity index (χ0n) is 17.9. The maximum atomic E-state index is 12.9. The number of thioether (sulfide) groups is 1. The Morgan fingerprint density at radius 1 is 1.31 bits per heavy atom. The first-order valence-electron chi connectivity index (χ1n) is 9.49. The quantitative estimate of drug-likeness (QED) is 0.341. The minimum atomic E-state index is -4.68. The predicted octanol–water partition coefficient (Wildman–Crippen LogP) is 2.94. The van der Waals surface area contributed by atoms with E-state index in [0.29, 0.717) is 34.0 Å². The summed E-state index contributed by atoms with van der Waals surface area (Å²) in [7, 11) is -4.68. The SMILES string of the molecule is CC(=C(CCOP(=O)(O)O)SC(=O)c1ccccc1C)N(C=O)Cc1cnc(C)nc1N. The molecule has 0 aliphatic heterocycles. The second-order valence-corrected chi connectivity index (χ2v) is 9.15. The molecule has 12 heteroatoms. The summed E-state index contributed by atoms with van der Waals surface area (Å²) >= 11 is 0.876. The number of amides is 1. The number of nitrogens with zero attached hydrogens (tertiary/aromatic N) is 3. The van der Waals surface area contributed by atoms with Gasteiger partial charge in [0.1, 0.15) is 11.6 Å². The van der Waals surface area contributed by atoms with E-state index in [-0.39, 0.29) is 30.5 Å². The summed E-state index contributed by atoms with van der Waals surface area (Å²) in [6, 6.07) is 7.05. The van der Waals surface area contributed by atoms with Gasteiger partial charge in [0, 0.05) is 34.3 Å². The summed E-state index contributed by atoms with van der Waals surface area (Å²) in [4.78, 5) is 52.6. The van der Waals surface area contributed by atoms with E-state index in [1.807, 2.05) is 6.07 Å². The van der Waals surface area contributed by atoms with Gasteiger partial charge in [-0.1, -0.05) is 24.3 Å². The summed E-state index contributed by atoms with van der Waals surface area (Å²) in [6.45, 7) is 4.84. The summed E-state index contributed by atoms with van der Waals surface area (Å²) in [5, 5.41) is -0.266. The van der Waals surface area contributed by atoms with Crippen LogP contribution in [0.5, 0.6) is 0 Å². The minimum Gasteiger partial charge on any atom is -0.383 e. The maximum absolute atomic E-state index is 12.9. The van der Waals surface area contributed by atoms with Crippen LogP contribution in [0.3, 0.4) is 0 Å². The highest BCUT2D eigenvalue weighted by Crippen LogP contribution is 2.37. The van der Waals surface area contributed by atoms with E-state index >= 15 is 0 Å². The molecule has 0 aliphatic rings. The van der Waals surface area contributed by atoms with Gasteiger partial charge in [-0.2, -0.15) is 0 Å². The molecule has 0 spiro atoms. The lowest BCUT2D eigenvalue weighted by atomic mass is 10.1. The molecule has 172 valence electrons. The molecule has 10 nitrogen and oxygen atoms in total. The number of phosphoric ester groups is 1. The van der Waals surface area contributed by atoms with Crippen LogP contribution in [0.25, 0.3) is 0 Å². The Morgan fingerprint density at radius 3 is 2.59 bits per heavy atom. The van der Waals surface area contributed by atoms with Crippen molar-refractivity contribution in [3.05, 3.63) is 63.6 Å². The molecule has 1 aromatic carbocycles. The van der Waals surface area contributed by atoms with Crippen LogP contribution in [0.1, 0.15) is 40.7 Å². The molecule has 1 aromatic heterocycles. The molecule has 2 aromatic rings. The number of carbonyl (C=O) groups is 2. The summed E-state index contributed by atoms with van der Waals surface area (Å²) in [5.41, 5.74) is 8.14. The van der Waals surface area contributed by atoms with Gasteiger partial charge in [0.15, 0.2) is 0 Å². The van der Waals surface area contributed by atoms with Crippen LogP contribution in [0.15, 0.2) is 41.1 Å². The Morgan fingerprint density at radius 2 is 2.00 bits per heavy atom. The molecule has 1 heterocycles. The summed E-state index contributed by atoms with van der Waals surface area (Å²) in [5.74, 6) is 0.720. The second-order valence-electron chi connectivity index (χ2n) is 6.85. The number of carbonyl (C=O) groups excluding carboxylic acids is 2. The first-order valence-corrected chi connectivity index (χ1v) is 11.8. The van der Waals surface area contributed by atoms with Crippen molar-refractivity contribution in [2.24, 2.45) is 0 Å². The second kappa shape index (κ2) is 11.3. The van der Waals surface area contributed by atoms with E-state index < -0.39 is 7.82 Å². The number of allylic oxidation sites excluding steroid dienone is 1. The molecule has 0 radical (unpaired) electrons. The van der Waals surface area contributed by atoms with E-state index in [1.54, 1.807) is 39.0 Å². The van der Waals surface area contributed by atoms with Gasteiger partial charge in [0.05, 0.1) is 13.2 Å². The molecule has 4 N–H and O–H groups in total. The Balaban J connectivity index is 2.34. The lowest BCUT2D eigenvalue weighted by Crippen LogP contribution is -2.22. The fourth-order valence-electron chi connectivity index (χ4n) is 2.74. The van der Waals surface area contributed by atoms with Crippen LogP contribution in [0.4, 0.5) is 5.82 Å². The fourth-order valence-corrected chi connectivity index (χ4v) is 4.09. The van der Waals surface area contributed by atoms with Gasteiger partial charge in [-0.3, -0.25) is 14.1 Å². The number of benzene rings is 1. The average Bonchev–Trinajstić information content (AvgIpc) is 2.71. The van der Waals surface area contributed by atoms with Gasteiger partial charge in [-0.25, -0.2) is 14.5 Å². The number of nitrogens with two attached hydrogens (primary N) is 1. The summed E-state index contributed by atoms with van der Waals surface area (Å²) in [6.07, 6.45) is 2.10. The number of nitrogen functional groups attached to an aromatic ring is 1. The van der Waals surface area contributed by atoms with Crippen LogP contribution in [-0.2, 0) is 20.4 Å². The van der Waals surface area contributed by atoms with E-state index in [0.717, 1.165) is 17.3 Å². The van der Waals surface area contributed by atoms with Crippen molar-refractivity contribution >= 4 is 36.9 Å². The standard InChI is InChI=1S/C20H25N4O6PS/c1-13-6-4-5-7-17(13)20(26)32-18(8-9-30-31(27,28)29)14(2)24(12-25)11-16-10-22-15(3)23-19(16)21/h4-7,10,12H,8-9,11H2,1-3H3,(H2,21,22,23)(H2,27,28,29). The van der Waals surface area contributed by atoms with Crippen LogP contribution >= 0.6 is 19.6 Å². The van der Waals surface area contributed by atoms with Crippen molar-refractivity contribution in [1.29, 1.82) is 0 Å². The number of hydrogen-bond donors (Lipinski definition) is 3. The smallest absolute Gasteiger partial charge is 0.383 e. The third-order valence-electron chi connectivity index (χ3n) is 4.49. The number of anilines is 1. The number of rotatable bonds is 10. The normalized spacial score (nSPS) is 12.3. The molecular weight excluding hydrogens is 455 g/mol. The van der Waals surface area contributed by atoms with Crippen LogP contribution in [0, 0.1) is 13.8 Å². The molecule has 0 saturated carbocycles. The highest BCUT2D eigenvalue weighted by Gasteiger charge is 2.20. The Kier molecular flexibility index (Phi) is 9.11. The van der Waals surface area contributed by atoms with E-state index in [9.17, 15) is 14.2 Å². The molecular formula is C20H25N4O6PS. The zero-order chi connectivity index (χ0) is 23.9. The number of phosphoric acid groups is 1. The van der Waals surface area contributed by atoms with Crippen LogP contribution in [-0.4, -0.2) is 42.8 Å². The zero-order valence-corrected chi connectivity index (χ0v) is 19.6. The van der Waals surface area contributed by atoms with Crippen LogP contribution in [0.2, 0.25) is 0 Å². The van der Waals surface area contributed by atoms with Crippen molar-refractivity contribution in [3.8, 4) is 0 Å². The Hall–Kier alpha value is -2.56. The van der Waals surface area contributed by atoms with Gasteiger partial charge < -0.3 is 20.4 Å². The largest absolute Gasteiger partial charge is 0.469 e. The molecule has 0 saturated heterocycles. The molecule has 2 rings (SSSR count). The molecule has 0 atom stereocenters. The minimum absolute atomic E-state index is 0.00342. The van der Waals surface area contributed by atoms with Crippen molar-refractivity contribution in [2.45, 2.75) is 33.7 Å². The van der Waals surface area contributed by atoms with Crippen LogP contribution < -0.4 is 5.73 Å². The van der Waals surface area contributed by atoms with Gasteiger partial charge >= 0.3 is 7.82 Å². The van der Waals surface area contributed by atoms with E-state index in [2.05, 4.69) is 14.5 Å². The highest BCUT2D eigenvalue weighted by molar-refractivity contribution is 8.17. The number of aromatic nitrogens is 2. The molecule has 0 fully saturated rings. The fraction of sp³-hybridized carbons (Fsp3) is 0.300. The van der Waals surface area contributed by atoms with Gasteiger partial charge in [-0.15, -0.1) is 0 Å². The number of hydrogen-bond acceptors (Lipinski definition) is 8. The van der Waals surface area contributed by atoms with Crippen molar-refractivity contribution in [3.63, 3.8) is 0 Å². The first kappa shape index (κ1) is 25.7. The Labute approximate surface area is 190 Å². The third kappa shape index (κ3) is 7.54. The molecule has 0 bridgehead atoms. The van der Waals surface area contributed by atoms with Gasteiger partial charge in [0.2, 0.25) is 11.5 Å². The number of aryl methyl sites for hydroxylation is 2. The monoisotopic (exact) mass is 480 g/mol. The summed E-state index contributed by atoms with van der Waals surface area (Å²) < 4.78 is 15.6. The van der Waals surface area contributed by atoms with Crippen molar-refractivity contribution in [2.75, 3.05) is 12.3 Å². The van der Waals surface area contributed by atoms with Gasteiger partial charge in [0.25, 0.3) is 0 Å². The molecule has 32 heavy (non-hydrogen) atoms. The lowest BCUT2D eigenvalue weighted by Gasteiger charge is -2.22. The third-order valence-corrected chi connectivity index (χ3v) is 6.16. The van der Waals surface area contributed by atoms with E-state index in [1.165, 1.54) is 11.1 Å². The molecule has 1 amide bonds. The van der Waals surface area contributed by atoms with E-state index in [4.69, 9.17) is 15.5 Å². The van der Waals surface area contributed by atoms with Gasteiger partial charge in [-0.05, 0) is 38.1 Å².